The smallest absolute Gasteiger partial charge is 0.248 e. The van der Waals surface area contributed by atoms with Crippen molar-refractivity contribution in [1.82, 2.24) is 15.2 Å². The summed E-state index contributed by atoms with van der Waals surface area (Å²) in [6.07, 6.45) is 5.66. The Balaban J connectivity index is 1.59. The molecule has 2 N–H and O–H groups in total. The molecule has 1 aromatic heterocycles. The molecule has 0 spiro atoms. The van der Waals surface area contributed by atoms with Crippen LogP contribution in [0.2, 0.25) is 0 Å². The second-order valence-electron chi connectivity index (χ2n) is 8.66. The van der Waals surface area contributed by atoms with Crippen molar-refractivity contribution in [2.45, 2.75) is 57.9 Å². The van der Waals surface area contributed by atoms with Gasteiger partial charge in [-0.05, 0) is 70.0 Å². The number of benzene rings is 1. The molecule has 2 amide bonds. The summed E-state index contributed by atoms with van der Waals surface area (Å²) in [6, 6.07) is 6.93. The van der Waals surface area contributed by atoms with E-state index < -0.39 is 6.04 Å². The molecule has 3 rings (SSSR count). The number of hydrogen-bond acceptors (Lipinski definition) is 7. The van der Waals surface area contributed by atoms with Crippen LogP contribution in [0.1, 0.15) is 51.9 Å². The van der Waals surface area contributed by atoms with E-state index in [1.54, 1.807) is 14.0 Å². The van der Waals surface area contributed by atoms with Gasteiger partial charge in [0.1, 0.15) is 17.6 Å². The van der Waals surface area contributed by atoms with Gasteiger partial charge in [0.15, 0.2) is 5.13 Å². The first-order chi connectivity index (χ1) is 16.4. The molecule has 0 radical (unpaired) electrons. The SMILES string of the molecule is COc1ccc(-c2csc(NC(=O)C(CCCCCC(C)=O)NC(=O)CN3CCCC3)n2)cc1. The number of anilines is 1. The van der Waals surface area contributed by atoms with Gasteiger partial charge in [0, 0.05) is 17.4 Å². The summed E-state index contributed by atoms with van der Waals surface area (Å²) in [7, 11) is 1.62. The van der Waals surface area contributed by atoms with Gasteiger partial charge in [-0.25, -0.2) is 4.98 Å². The Labute approximate surface area is 205 Å². The summed E-state index contributed by atoms with van der Waals surface area (Å²) in [4.78, 5) is 43.4. The Kier molecular flexibility index (Phi) is 10.0. The highest BCUT2D eigenvalue weighted by atomic mass is 32.1. The molecule has 34 heavy (non-hydrogen) atoms. The summed E-state index contributed by atoms with van der Waals surface area (Å²) >= 11 is 1.35. The molecule has 1 saturated heterocycles. The van der Waals surface area contributed by atoms with Gasteiger partial charge in [-0.2, -0.15) is 0 Å². The molecular formula is C25H34N4O4S. The highest BCUT2D eigenvalue weighted by Gasteiger charge is 2.23. The zero-order valence-corrected chi connectivity index (χ0v) is 20.8. The van der Waals surface area contributed by atoms with Crippen LogP contribution in [0.3, 0.4) is 0 Å². The average molecular weight is 487 g/mol. The minimum atomic E-state index is -0.638. The molecular weight excluding hydrogens is 452 g/mol. The van der Waals surface area contributed by atoms with Gasteiger partial charge in [0.05, 0.1) is 19.3 Å². The number of amides is 2. The maximum Gasteiger partial charge on any atom is 0.248 e. The number of carbonyl (C=O) groups excluding carboxylic acids is 3. The van der Waals surface area contributed by atoms with Crippen LogP contribution in [0.5, 0.6) is 5.75 Å². The molecule has 0 bridgehead atoms. The van der Waals surface area contributed by atoms with E-state index in [4.69, 9.17) is 4.74 Å². The Morgan fingerprint density at radius 1 is 1.12 bits per heavy atom. The number of thiazole rings is 1. The van der Waals surface area contributed by atoms with E-state index in [1.165, 1.54) is 11.3 Å². The predicted molar refractivity (Wildman–Crippen MR) is 134 cm³/mol. The van der Waals surface area contributed by atoms with Crippen LogP contribution in [0, 0.1) is 0 Å². The van der Waals surface area contributed by atoms with E-state index in [0.29, 0.717) is 24.5 Å². The minimum Gasteiger partial charge on any atom is -0.497 e. The third-order valence-corrected chi connectivity index (χ3v) is 6.62. The van der Waals surface area contributed by atoms with Gasteiger partial charge < -0.3 is 20.2 Å². The second kappa shape index (κ2) is 13.2. The summed E-state index contributed by atoms with van der Waals surface area (Å²) in [5.74, 6) is 0.536. The largest absolute Gasteiger partial charge is 0.497 e. The lowest BCUT2D eigenvalue weighted by atomic mass is 10.1. The number of Topliss-reactive ketones (excluding diaryl/α,β-unsaturated/α-hetero) is 1. The monoisotopic (exact) mass is 486 g/mol. The lowest BCUT2D eigenvalue weighted by molar-refractivity contribution is -0.127. The molecule has 1 aliphatic rings. The van der Waals surface area contributed by atoms with Gasteiger partial charge in [0.25, 0.3) is 0 Å². The van der Waals surface area contributed by atoms with Crippen molar-refractivity contribution >= 4 is 34.1 Å². The van der Waals surface area contributed by atoms with Gasteiger partial charge in [-0.1, -0.05) is 12.8 Å². The molecule has 2 aromatic rings. The Hall–Kier alpha value is -2.78. The number of likely N-dealkylation sites (tertiary alicyclic amines) is 1. The van der Waals surface area contributed by atoms with E-state index in [0.717, 1.165) is 62.2 Å². The average Bonchev–Trinajstić information content (AvgIpc) is 3.50. The van der Waals surface area contributed by atoms with Crippen molar-refractivity contribution in [2.75, 3.05) is 32.1 Å². The van der Waals surface area contributed by atoms with Gasteiger partial charge >= 0.3 is 0 Å². The van der Waals surface area contributed by atoms with Crippen LogP contribution in [0.25, 0.3) is 11.3 Å². The lowest BCUT2D eigenvalue weighted by Gasteiger charge is -2.20. The van der Waals surface area contributed by atoms with Crippen LogP contribution in [0.4, 0.5) is 5.13 Å². The standard InChI is InChI=1S/C25H34N4O4S/c1-18(30)8-4-3-5-9-21(26-23(31)16-29-14-6-7-15-29)24(32)28-25-27-22(17-34-25)19-10-12-20(33-2)13-11-19/h10-13,17,21H,3-9,14-16H2,1-2H3,(H,26,31)(H,27,28,32). The van der Waals surface area contributed by atoms with Crippen molar-refractivity contribution in [3.05, 3.63) is 29.6 Å². The first-order valence-electron chi connectivity index (χ1n) is 11.9. The van der Waals surface area contributed by atoms with Crippen LogP contribution in [-0.4, -0.2) is 60.3 Å². The second-order valence-corrected chi connectivity index (χ2v) is 9.52. The fourth-order valence-corrected chi connectivity index (χ4v) is 4.69. The van der Waals surface area contributed by atoms with E-state index >= 15 is 0 Å². The summed E-state index contributed by atoms with van der Waals surface area (Å²) in [6.45, 7) is 3.74. The summed E-state index contributed by atoms with van der Waals surface area (Å²) in [5.41, 5.74) is 1.69. The highest BCUT2D eigenvalue weighted by Crippen LogP contribution is 2.26. The number of ketones is 1. The van der Waals surface area contributed by atoms with Crippen molar-refractivity contribution in [3.63, 3.8) is 0 Å². The number of ether oxygens (including phenoxy) is 1. The van der Waals surface area contributed by atoms with E-state index in [-0.39, 0.29) is 17.6 Å². The fraction of sp³-hybridized carbons (Fsp3) is 0.520. The maximum absolute atomic E-state index is 13.0. The van der Waals surface area contributed by atoms with Crippen molar-refractivity contribution in [1.29, 1.82) is 0 Å². The Bertz CT molecular complexity index is 954. The first kappa shape index (κ1) is 25.8. The van der Waals surface area contributed by atoms with Crippen LogP contribution >= 0.6 is 11.3 Å². The number of hydrogen-bond donors (Lipinski definition) is 2. The number of unbranched alkanes of at least 4 members (excludes halogenated alkanes) is 2. The quantitative estimate of drug-likeness (QED) is 0.417. The van der Waals surface area contributed by atoms with Gasteiger partial charge in [-0.15, -0.1) is 11.3 Å². The predicted octanol–water partition coefficient (Wildman–Crippen LogP) is 3.88. The van der Waals surface area contributed by atoms with Gasteiger partial charge in [-0.3, -0.25) is 14.5 Å². The molecule has 184 valence electrons. The minimum absolute atomic E-state index is 0.135. The highest BCUT2D eigenvalue weighted by molar-refractivity contribution is 7.14. The number of nitrogens with one attached hydrogen (secondary N) is 2. The summed E-state index contributed by atoms with van der Waals surface area (Å²) < 4.78 is 5.19. The number of methoxy groups -OCH3 is 1. The number of nitrogens with zero attached hydrogens (tertiary/aromatic N) is 2. The third-order valence-electron chi connectivity index (χ3n) is 5.86. The van der Waals surface area contributed by atoms with E-state index in [1.807, 2.05) is 29.6 Å². The Morgan fingerprint density at radius 3 is 2.53 bits per heavy atom. The van der Waals surface area contributed by atoms with E-state index in [2.05, 4.69) is 20.5 Å². The number of rotatable bonds is 13. The molecule has 1 unspecified atom stereocenters. The zero-order chi connectivity index (χ0) is 24.3. The molecule has 1 aromatic carbocycles. The fourth-order valence-electron chi connectivity index (χ4n) is 3.97. The van der Waals surface area contributed by atoms with Gasteiger partial charge in [0.2, 0.25) is 11.8 Å². The molecule has 1 atom stereocenters. The molecule has 1 aliphatic heterocycles. The number of aromatic nitrogens is 1. The first-order valence-corrected chi connectivity index (χ1v) is 12.7. The maximum atomic E-state index is 13.0. The summed E-state index contributed by atoms with van der Waals surface area (Å²) in [5, 5.41) is 8.17. The zero-order valence-electron chi connectivity index (χ0n) is 20.0. The normalized spacial score (nSPS) is 14.5. The molecule has 0 aliphatic carbocycles. The van der Waals surface area contributed by atoms with Crippen molar-refractivity contribution in [3.8, 4) is 17.0 Å². The molecule has 8 nitrogen and oxygen atoms in total. The number of carbonyl (C=O) groups is 3. The molecule has 0 saturated carbocycles. The molecule has 1 fully saturated rings. The lowest BCUT2D eigenvalue weighted by Crippen LogP contribution is -2.47. The van der Waals surface area contributed by atoms with Crippen LogP contribution in [-0.2, 0) is 14.4 Å². The van der Waals surface area contributed by atoms with Crippen molar-refractivity contribution in [2.24, 2.45) is 0 Å². The molecule has 9 heteroatoms. The Morgan fingerprint density at radius 2 is 1.85 bits per heavy atom. The van der Waals surface area contributed by atoms with E-state index in [9.17, 15) is 14.4 Å². The molecule has 2 heterocycles. The van der Waals surface area contributed by atoms with Crippen molar-refractivity contribution < 1.29 is 19.1 Å². The topological polar surface area (TPSA) is 101 Å². The third kappa shape index (κ3) is 8.22. The van der Waals surface area contributed by atoms with Crippen LogP contribution in [0.15, 0.2) is 29.6 Å². The van der Waals surface area contributed by atoms with Crippen LogP contribution < -0.4 is 15.4 Å².